The molecule has 1 saturated heterocycles. The number of rotatable bonds is 4. The first kappa shape index (κ1) is 24.3. The van der Waals surface area contributed by atoms with Crippen LogP contribution in [0.5, 0.6) is 5.75 Å². The normalized spacial score (nSPS) is 16.2. The van der Waals surface area contributed by atoms with Gasteiger partial charge in [0.2, 0.25) is 5.91 Å². The van der Waals surface area contributed by atoms with Crippen molar-refractivity contribution in [1.82, 2.24) is 9.80 Å². The van der Waals surface area contributed by atoms with Gasteiger partial charge in [-0.15, -0.1) is 0 Å². The third-order valence-corrected chi connectivity index (χ3v) is 6.10. The Morgan fingerprint density at radius 1 is 0.939 bits per heavy atom. The van der Waals surface area contributed by atoms with E-state index in [-0.39, 0.29) is 5.92 Å². The average molecular weight is 455 g/mol. The second-order valence-electron chi connectivity index (χ2n) is 8.29. The summed E-state index contributed by atoms with van der Waals surface area (Å²) in [6, 6.07) is 16.8. The Morgan fingerprint density at radius 3 is 2.24 bits per heavy atom. The van der Waals surface area contributed by atoms with E-state index in [1.165, 1.54) is 16.7 Å². The Bertz CT molecular complexity index is 972. The molecule has 2 heterocycles. The van der Waals surface area contributed by atoms with Gasteiger partial charge < -0.3 is 19.8 Å². The van der Waals surface area contributed by atoms with Crippen LogP contribution in [0.25, 0.3) is 0 Å². The van der Waals surface area contributed by atoms with Crippen molar-refractivity contribution in [2.45, 2.75) is 32.4 Å². The SMILES string of the molecule is COc1cccc(CN2CCC(C(=O)N3CCc4ccccc4C3)CC2)c1.O=C(O)C(=O)O. The van der Waals surface area contributed by atoms with E-state index >= 15 is 0 Å². The second-order valence-corrected chi connectivity index (χ2v) is 8.29. The first-order valence-corrected chi connectivity index (χ1v) is 11.0. The third-order valence-electron chi connectivity index (χ3n) is 6.10. The molecule has 0 aliphatic carbocycles. The highest BCUT2D eigenvalue weighted by Gasteiger charge is 2.30. The molecule has 0 aromatic heterocycles. The molecule has 4 rings (SSSR count). The quantitative estimate of drug-likeness (QED) is 0.684. The molecular formula is C25H30N2O6. The van der Waals surface area contributed by atoms with Crippen LogP contribution in [0, 0.1) is 5.92 Å². The molecule has 1 fully saturated rings. The highest BCUT2D eigenvalue weighted by atomic mass is 16.5. The molecule has 8 nitrogen and oxygen atoms in total. The molecular weight excluding hydrogens is 424 g/mol. The molecule has 1 amide bonds. The van der Waals surface area contributed by atoms with Crippen LogP contribution in [0.1, 0.15) is 29.5 Å². The number of benzene rings is 2. The Hall–Kier alpha value is -3.39. The summed E-state index contributed by atoms with van der Waals surface area (Å²) in [6.07, 6.45) is 2.90. The van der Waals surface area contributed by atoms with Crippen LogP contribution in [-0.4, -0.2) is 64.6 Å². The first-order chi connectivity index (χ1) is 15.9. The molecule has 2 aliphatic heterocycles. The van der Waals surface area contributed by atoms with E-state index < -0.39 is 11.9 Å². The number of aliphatic carboxylic acids is 2. The van der Waals surface area contributed by atoms with Crippen LogP contribution in [-0.2, 0) is 33.9 Å². The molecule has 33 heavy (non-hydrogen) atoms. The van der Waals surface area contributed by atoms with Crippen molar-refractivity contribution in [2.75, 3.05) is 26.7 Å². The zero-order chi connectivity index (χ0) is 23.8. The summed E-state index contributed by atoms with van der Waals surface area (Å²) < 4.78 is 5.32. The highest BCUT2D eigenvalue weighted by Crippen LogP contribution is 2.25. The summed E-state index contributed by atoms with van der Waals surface area (Å²) in [4.78, 5) is 35.7. The fraction of sp³-hybridized carbons (Fsp3) is 0.400. The van der Waals surface area contributed by atoms with Crippen molar-refractivity contribution in [3.05, 3.63) is 65.2 Å². The summed E-state index contributed by atoms with van der Waals surface area (Å²) in [5.41, 5.74) is 3.98. The maximum Gasteiger partial charge on any atom is 0.414 e. The summed E-state index contributed by atoms with van der Waals surface area (Å²) in [5.74, 6) is -2.21. The Morgan fingerprint density at radius 2 is 1.61 bits per heavy atom. The van der Waals surface area contributed by atoms with Crippen LogP contribution in [0.3, 0.4) is 0 Å². The number of carboxylic acids is 2. The number of fused-ring (bicyclic) bond motifs is 1. The minimum atomic E-state index is -1.82. The Balaban J connectivity index is 0.000000454. The predicted molar refractivity (Wildman–Crippen MR) is 122 cm³/mol. The van der Waals surface area contributed by atoms with Crippen molar-refractivity contribution in [2.24, 2.45) is 5.92 Å². The smallest absolute Gasteiger partial charge is 0.414 e. The average Bonchev–Trinajstić information content (AvgIpc) is 2.84. The van der Waals surface area contributed by atoms with E-state index in [1.54, 1.807) is 7.11 Å². The third kappa shape index (κ3) is 6.79. The number of piperidine rings is 1. The molecule has 0 bridgehead atoms. The van der Waals surface area contributed by atoms with Crippen molar-refractivity contribution >= 4 is 17.8 Å². The molecule has 2 aromatic carbocycles. The van der Waals surface area contributed by atoms with Gasteiger partial charge in [0.05, 0.1) is 7.11 Å². The predicted octanol–water partition coefficient (Wildman–Crippen LogP) is 2.65. The van der Waals surface area contributed by atoms with Gasteiger partial charge in [0, 0.05) is 25.6 Å². The number of nitrogens with zero attached hydrogens (tertiary/aromatic N) is 2. The number of carbonyl (C=O) groups is 3. The zero-order valence-corrected chi connectivity index (χ0v) is 18.8. The summed E-state index contributed by atoms with van der Waals surface area (Å²) in [7, 11) is 1.70. The highest BCUT2D eigenvalue weighted by molar-refractivity contribution is 6.27. The van der Waals surface area contributed by atoms with Gasteiger partial charge in [-0.25, -0.2) is 9.59 Å². The first-order valence-electron chi connectivity index (χ1n) is 11.0. The van der Waals surface area contributed by atoms with E-state index in [4.69, 9.17) is 24.5 Å². The molecule has 2 aromatic rings. The second kappa shape index (κ2) is 11.5. The minimum Gasteiger partial charge on any atom is -0.497 e. The fourth-order valence-corrected chi connectivity index (χ4v) is 4.31. The number of likely N-dealkylation sites (tertiary alicyclic amines) is 1. The van der Waals surface area contributed by atoms with Crippen LogP contribution < -0.4 is 4.74 Å². The number of hydrogen-bond acceptors (Lipinski definition) is 5. The van der Waals surface area contributed by atoms with Gasteiger partial charge in [-0.05, 0) is 61.2 Å². The maximum absolute atomic E-state index is 13.0. The van der Waals surface area contributed by atoms with Crippen molar-refractivity contribution in [3.8, 4) is 5.75 Å². The van der Waals surface area contributed by atoms with Crippen molar-refractivity contribution in [3.63, 3.8) is 0 Å². The zero-order valence-electron chi connectivity index (χ0n) is 18.8. The number of carboxylic acid groups (broad SMARTS) is 2. The lowest BCUT2D eigenvalue weighted by molar-refractivity contribution is -0.159. The van der Waals surface area contributed by atoms with Crippen molar-refractivity contribution < 1.29 is 29.3 Å². The standard InChI is InChI=1S/C23H28N2O2.C2H2O4/c1-27-22-8-4-5-18(15-22)16-24-12-9-20(10-13-24)23(26)25-14-11-19-6-2-3-7-21(19)17-25;3-1(4)2(5)6/h2-8,15,20H,9-14,16-17H2,1H3;(H,3,4)(H,5,6). The fourth-order valence-electron chi connectivity index (χ4n) is 4.31. The number of methoxy groups -OCH3 is 1. The van der Waals surface area contributed by atoms with Crippen LogP contribution in [0.4, 0.5) is 0 Å². The van der Waals surface area contributed by atoms with E-state index in [1.807, 2.05) is 12.1 Å². The lowest BCUT2D eigenvalue weighted by Gasteiger charge is -2.36. The lowest BCUT2D eigenvalue weighted by atomic mass is 9.93. The lowest BCUT2D eigenvalue weighted by Crippen LogP contribution is -2.44. The van der Waals surface area contributed by atoms with Crippen molar-refractivity contribution in [1.29, 1.82) is 0 Å². The summed E-state index contributed by atoms with van der Waals surface area (Å²) in [5, 5.41) is 14.8. The molecule has 0 saturated carbocycles. The maximum atomic E-state index is 13.0. The number of hydrogen-bond donors (Lipinski definition) is 2. The Labute approximate surface area is 193 Å². The largest absolute Gasteiger partial charge is 0.497 e. The molecule has 176 valence electrons. The molecule has 0 spiro atoms. The molecule has 0 radical (unpaired) electrons. The van der Waals surface area contributed by atoms with Crippen LogP contribution in [0.2, 0.25) is 0 Å². The Kier molecular flexibility index (Phi) is 8.43. The van der Waals surface area contributed by atoms with Gasteiger partial charge in [0.15, 0.2) is 0 Å². The van der Waals surface area contributed by atoms with E-state index in [2.05, 4.69) is 46.2 Å². The number of ether oxygens (including phenoxy) is 1. The summed E-state index contributed by atoms with van der Waals surface area (Å²) >= 11 is 0. The van der Waals surface area contributed by atoms with Gasteiger partial charge in [-0.1, -0.05) is 36.4 Å². The van der Waals surface area contributed by atoms with Gasteiger partial charge in [-0.3, -0.25) is 9.69 Å². The molecule has 2 N–H and O–H groups in total. The molecule has 0 atom stereocenters. The van der Waals surface area contributed by atoms with Crippen LogP contribution in [0.15, 0.2) is 48.5 Å². The molecule has 2 aliphatic rings. The van der Waals surface area contributed by atoms with Gasteiger partial charge in [-0.2, -0.15) is 0 Å². The van der Waals surface area contributed by atoms with E-state index in [0.29, 0.717) is 5.91 Å². The monoisotopic (exact) mass is 454 g/mol. The van der Waals surface area contributed by atoms with Gasteiger partial charge in [0.1, 0.15) is 5.75 Å². The topological polar surface area (TPSA) is 107 Å². The van der Waals surface area contributed by atoms with E-state index in [0.717, 1.165) is 57.7 Å². The minimum absolute atomic E-state index is 0.178. The van der Waals surface area contributed by atoms with E-state index in [9.17, 15) is 4.79 Å². The van der Waals surface area contributed by atoms with Gasteiger partial charge in [0.25, 0.3) is 0 Å². The number of carbonyl (C=O) groups excluding carboxylic acids is 1. The van der Waals surface area contributed by atoms with Crippen LogP contribution >= 0.6 is 0 Å². The molecule has 8 heteroatoms. The number of amides is 1. The molecule has 0 unspecified atom stereocenters. The summed E-state index contributed by atoms with van der Waals surface area (Å²) in [6.45, 7) is 4.53. The van der Waals surface area contributed by atoms with Gasteiger partial charge >= 0.3 is 11.9 Å².